The number of methoxy groups -OCH3 is 1. The third kappa shape index (κ3) is 2.93. The van der Waals surface area contributed by atoms with Crippen LogP contribution in [0, 0.1) is 19.7 Å². The molecule has 2 aromatic rings. The smallest absolute Gasteiger partial charge is 0.168 e. The van der Waals surface area contributed by atoms with Gasteiger partial charge in [-0.15, -0.1) is 0 Å². The molecule has 4 nitrogen and oxygen atoms in total. The van der Waals surface area contributed by atoms with Crippen molar-refractivity contribution < 1.29 is 9.13 Å². The van der Waals surface area contributed by atoms with E-state index < -0.39 is 0 Å². The minimum absolute atomic E-state index is 0.0142. The Morgan fingerprint density at radius 2 is 2.10 bits per heavy atom. The van der Waals surface area contributed by atoms with Crippen molar-refractivity contribution in [2.75, 3.05) is 14.2 Å². The predicted molar refractivity (Wildman–Crippen MR) is 81.1 cm³/mol. The second-order valence-corrected chi connectivity index (χ2v) is 5.19. The first kappa shape index (κ1) is 15.5. The molecule has 1 aromatic heterocycles. The molecule has 5 heteroatoms. The summed E-state index contributed by atoms with van der Waals surface area (Å²) in [6.07, 6.45) is 0.549. The lowest BCUT2D eigenvalue weighted by Gasteiger charge is -2.18. The van der Waals surface area contributed by atoms with Crippen LogP contribution in [0.15, 0.2) is 18.2 Å². The molecule has 0 saturated heterocycles. The molecule has 0 saturated carbocycles. The van der Waals surface area contributed by atoms with Gasteiger partial charge in [0, 0.05) is 24.3 Å². The van der Waals surface area contributed by atoms with Gasteiger partial charge >= 0.3 is 0 Å². The fourth-order valence-corrected chi connectivity index (χ4v) is 2.73. The largest absolute Gasteiger partial charge is 0.494 e. The van der Waals surface area contributed by atoms with E-state index in [1.54, 1.807) is 12.1 Å². The van der Waals surface area contributed by atoms with Crippen molar-refractivity contribution in [1.82, 2.24) is 15.1 Å². The van der Waals surface area contributed by atoms with E-state index in [9.17, 15) is 4.39 Å². The van der Waals surface area contributed by atoms with Crippen molar-refractivity contribution in [2.24, 2.45) is 7.05 Å². The van der Waals surface area contributed by atoms with Gasteiger partial charge in [0.25, 0.3) is 0 Å². The quantitative estimate of drug-likeness (QED) is 0.920. The Labute approximate surface area is 124 Å². The first-order chi connectivity index (χ1) is 9.99. The number of nitrogens with zero attached hydrogens (tertiary/aromatic N) is 2. The molecule has 2 rings (SSSR count). The molecule has 1 N–H and O–H groups in total. The van der Waals surface area contributed by atoms with Crippen LogP contribution in [-0.2, 0) is 13.5 Å². The maximum atomic E-state index is 14.3. The van der Waals surface area contributed by atoms with Crippen molar-refractivity contribution >= 4 is 0 Å². The van der Waals surface area contributed by atoms with Crippen LogP contribution in [0.1, 0.15) is 28.6 Å². The maximum absolute atomic E-state index is 14.3. The highest BCUT2D eigenvalue weighted by atomic mass is 19.1. The number of rotatable bonds is 5. The van der Waals surface area contributed by atoms with Crippen molar-refractivity contribution in [3.05, 3.63) is 46.5 Å². The second-order valence-electron chi connectivity index (χ2n) is 5.19. The molecule has 0 amide bonds. The van der Waals surface area contributed by atoms with Crippen LogP contribution in [0.4, 0.5) is 4.39 Å². The van der Waals surface area contributed by atoms with Gasteiger partial charge in [-0.25, -0.2) is 4.39 Å². The molecule has 0 radical (unpaired) electrons. The molecule has 0 aliphatic carbocycles. The van der Waals surface area contributed by atoms with Crippen LogP contribution < -0.4 is 10.1 Å². The predicted octanol–water partition coefficient (Wildman–Crippen LogP) is 2.69. The van der Waals surface area contributed by atoms with Crippen LogP contribution >= 0.6 is 0 Å². The Hall–Kier alpha value is -1.88. The summed E-state index contributed by atoms with van der Waals surface area (Å²) >= 11 is 0. The zero-order valence-corrected chi connectivity index (χ0v) is 13.2. The van der Waals surface area contributed by atoms with Gasteiger partial charge < -0.3 is 10.1 Å². The van der Waals surface area contributed by atoms with Gasteiger partial charge in [0.05, 0.1) is 12.8 Å². The zero-order chi connectivity index (χ0) is 15.6. The minimum atomic E-state index is -0.292. The van der Waals surface area contributed by atoms with E-state index >= 15 is 0 Å². The van der Waals surface area contributed by atoms with Crippen LogP contribution in [0.3, 0.4) is 0 Å². The Balaban J connectivity index is 2.36. The molecule has 21 heavy (non-hydrogen) atoms. The Morgan fingerprint density at radius 1 is 1.38 bits per heavy atom. The molecule has 0 bridgehead atoms. The molecule has 0 aliphatic rings. The number of likely N-dealkylation sites (N-methyl/N-ethyl adjacent to an activating group) is 1. The molecular weight excluding hydrogens is 269 g/mol. The summed E-state index contributed by atoms with van der Waals surface area (Å²) in [5.41, 5.74) is 3.83. The Bertz CT molecular complexity index is 637. The lowest BCUT2D eigenvalue weighted by molar-refractivity contribution is 0.383. The van der Waals surface area contributed by atoms with E-state index in [4.69, 9.17) is 4.74 Å². The third-order valence-electron chi connectivity index (χ3n) is 3.95. The fraction of sp³-hybridized carbons (Fsp3) is 0.438. The molecule has 0 spiro atoms. The van der Waals surface area contributed by atoms with Crippen molar-refractivity contribution in [2.45, 2.75) is 26.3 Å². The lowest BCUT2D eigenvalue weighted by atomic mass is 9.97. The highest BCUT2D eigenvalue weighted by Crippen LogP contribution is 2.28. The van der Waals surface area contributed by atoms with Gasteiger partial charge in [0.1, 0.15) is 0 Å². The number of aryl methyl sites for hydroxylation is 2. The average Bonchev–Trinajstić information content (AvgIpc) is 2.72. The Morgan fingerprint density at radius 3 is 2.62 bits per heavy atom. The van der Waals surface area contributed by atoms with Crippen LogP contribution in [0.2, 0.25) is 0 Å². The number of ether oxygens (including phenoxy) is 1. The van der Waals surface area contributed by atoms with Gasteiger partial charge in [0.2, 0.25) is 0 Å². The molecule has 1 heterocycles. The van der Waals surface area contributed by atoms with Crippen molar-refractivity contribution in [1.29, 1.82) is 0 Å². The van der Waals surface area contributed by atoms with E-state index in [0.717, 1.165) is 17.0 Å². The normalized spacial score (nSPS) is 12.5. The van der Waals surface area contributed by atoms with Gasteiger partial charge in [-0.2, -0.15) is 5.10 Å². The summed E-state index contributed by atoms with van der Waals surface area (Å²) in [6, 6.07) is 5.25. The number of hydrogen-bond acceptors (Lipinski definition) is 3. The van der Waals surface area contributed by atoms with Gasteiger partial charge in [-0.1, -0.05) is 12.1 Å². The SMILES string of the molecule is CNC(Cc1cccc(OC)c1F)c1c(C)nn(C)c1C. The number of hydrogen-bond donors (Lipinski definition) is 1. The summed E-state index contributed by atoms with van der Waals surface area (Å²) in [5, 5.41) is 7.70. The minimum Gasteiger partial charge on any atom is -0.494 e. The third-order valence-corrected chi connectivity index (χ3v) is 3.95. The molecule has 1 aromatic carbocycles. The van der Waals surface area contributed by atoms with E-state index in [-0.39, 0.29) is 17.6 Å². The molecular formula is C16H22FN3O. The van der Waals surface area contributed by atoms with E-state index in [0.29, 0.717) is 12.0 Å². The monoisotopic (exact) mass is 291 g/mol. The molecule has 0 fully saturated rings. The average molecular weight is 291 g/mol. The highest BCUT2D eigenvalue weighted by Gasteiger charge is 2.21. The lowest BCUT2D eigenvalue weighted by Crippen LogP contribution is -2.21. The second kappa shape index (κ2) is 6.26. The summed E-state index contributed by atoms with van der Waals surface area (Å²) in [5.74, 6) is -0.0126. The molecule has 114 valence electrons. The van der Waals surface area contributed by atoms with Crippen molar-refractivity contribution in [3.63, 3.8) is 0 Å². The topological polar surface area (TPSA) is 39.1 Å². The van der Waals surface area contributed by atoms with Crippen LogP contribution in [0.5, 0.6) is 5.75 Å². The molecule has 0 aliphatic heterocycles. The first-order valence-electron chi connectivity index (χ1n) is 6.98. The first-order valence-corrected chi connectivity index (χ1v) is 6.98. The van der Waals surface area contributed by atoms with Gasteiger partial charge in [-0.3, -0.25) is 4.68 Å². The van der Waals surface area contributed by atoms with Gasteiger partial charge in [-0.05, 0) is 38.9 Å². The summed E-state index contributed by atoms with van der Waals surface area (Å²) in [6.45, 7) is 4.01. The summed E-state index contributed by atoms with van der Waals surface area (Å²) < 4.78 is 21.2. The number of aromatic nitrogens is 2. The fourth-order valence-electron chi connectivity index (χ4n) is 2.73. The van der Waals surface area contributed by atoms with E-state index in [1.807, 2.05) is 38.7 Å². The maximum Gasteiger partial charge on any atom is 0.168 e. The summed E-state index contributed by atoms with van der Waals surface area (Å²) in [7, 11) is 5.28. The zero-order valence-electron chi connectivity index (χ0n) is 13.2. The highest BCUT2D eigenvalue weighted by molar-refractivity contribution is 5.34. The molecule has 1 atom stereocenters. The van der Waals surface area contributed by atoms with E-state index in [2.05, 4.69) is 10.4 Å². The van der Waals surface area contributed by atoms with E-state index in [1.165, 1.54) is 7.11 Å². The van der Waals surface area contributed by atoms with Gasteiger partial charge in [0.15, 0.2) is 11.6 Å². The van der Waals surface area contributed by atoms with Crippen LogP contribution in [-0.4, -0.2) is 23.9 Å². The number of nitrogens with one attached hydrogen (secondary N) is 1. The standard InChI is InChI=1S/C16H22FN3O/c1-10-15(11(2)20(4)19-10)13(18-3)9-12-7-6-8-14(21-5)16(12)17/h6-8,13,18H,9H2,1-5H3. The number of halogens is 1. The van der Waals surface area contributed by atoms with Crippen LogP contribution in [0.25, 0.3) is 0 Å². The number of benzene rings is 1. The van der Waals surface area contributed by atoms with Crippen molar-refractivity contribution in [3.8, 4) is 5.75 Å². The Kier molecular flexibility index (Phi) is 4.63. The molecule has 1 unspecified atom stereocenters. The summed E-state index contributed by atoms with van der Waals surface area (Å²) in [4.78, 5) is 0.